The summed E-state index contributed by atoms with van der Waals surface area (Å²) in [5, 5.41) is 14.7. The number of ether oxygens (including phenoxy) is 1. The fourth-order valence-electron chi connectivity index (χ4n) is 4.48. The zero-order valence-electron chi connectivity index (χ0n) is 19.6. The molecule has 0 aliphatic carbocycles. The molecule has 0 amide bonds. The molecule has 4 rings (SSSR count). The molecule has 1 aromatic heterocycles. The number of hydrogen-bond acceptors (Lipinski definition) is 6. The number of para-hydroxylation sites is 2. The lowest BCUT2D eigenvalue weighted by molar-refractivity contribution is -0.384. The average Bonchev–Trinajstić information content (AvgIpc) is 3.20. The number of nitro benzene ring substituents is 1. The van der Waals surface area contributed by atoms with Crippen molar-refractivity contribution in [3.05, 3.63) is 75.5 Å². The summed E-state index contributed by atoms with van der Waals surface area (Å²) in [6.45, 7) is 4.35. The van der Waals surface area contributed by atoms with Gasteiger partial charge >= 0.3 is 5.97 Å². The van der Waals surface area contributed by atoms with Crippen LogP contribution in [0.1, 0.15) is 64.0 Å². The van der Waals surface area contributed by atoms with E-state index in [0.29, 0.717) is 29.4 Å². The van der Waals surface area contributed by atoms with Gasteiger partial charge in [0.25, 0.3) is 5.69 Å². The number of benzene rings is 2. The van der Waals surface area contributed by atoms with E-state index in [2.05, 4.69) is 17.2 Å². The van der Waals surface area contributed by atoms with Gasteiger partial charge in [0, 0.05) is 17.8 Å². The Bertz CT molecular complexity index is 1230. The van der Waals surface area contributed by atoms with Gasteiger partial charge in [-0.15, -0.1) is 0 Å². The maximum Gasteiger partial charge on any atom is 0.338 e. The molecule has 8 heteroatoms. The van der Waals surface area contributed by atoms with Gasteiger partial charge in [-0.25, -0.2) is 9.78 Å². The van der Waals surface area contributed by atoms with Crippen LogP contribution in [0.3, 0.4) is 0 Å². The van der Waals surface area contributed by atoms with E-state index in [1.165, 1.54) is 31.4 Å². The number of non-ortho nitro benzene ring substituents is 1. The lowest BCUT2D eigenvalue weighted by Gasteiger charge is -2.30. The topological polar surface area (TPSA) is 99.3 Å². The zero-order valence-corrected chi connectivity index (χ0v) is 19.6. The normalized spacial score (nSPS) is 15.2. The Morgan fingerprint density at radius 3 is 2.68 bits per heavy atom. The van der Waals surface area contributed by atoms with E-state index in [4.69, 9.17) is 4.74 Å². The van der Waals surface area contributed by atoms with Crippen LogP contribution >= 0.6 is 0 Å². The van der Waals surface area contributed by atoms with Crippen molar-refractivity contribution in [2.45, 2.75) is 58.4 Å². The fraction of sp³-hybridized carbons (Fsp3) is 0.385. The molecule has 34 heavy (non-hydrogen) atoms. The number of carbonyl (C=O) groups excluding carboxylic acids is 1. The van der Waals surface area contributed by atoms with Gasteiger partial charge in [0.15, 0.2) is 0 Å². The molecule has 1 atom stereocenters. The van der Waals surface area contributed by atoms with Crippen LogP contribution in [-0.2, 0) is 9.53 Å². The van der Waals surface area contributed by atoms with Gasteiger partial charge in [-0.1, -0.05) is 63.3 Å². The number of nitrogens with zero attached hydrogens (tertiary/aromatic N) is 3. The van der Waals surface area contributed by atoms with Crippen molar-refractivity contribution < 1.29 is 14.5 Å². The third kappa shape index (κ3) is 4.81. The van der Waals surface area contributed by atoms with Crippen LogP contribution in [0.4, 0.5) is 11.6 Å². The highest BCUT2D eigenvalue weighted by atomic mass is 16.6. The fourth-order valence-corrected chi connectivity index (χ4v) is 4.48. The number of unbranched alkanes of at least 4 members (excludes halogenated alkanes) is 5. The minimum Gasteiger partial charge on any atom is -0.462 e. The first-order chi connectivity index (χ1) is 16.5. The predicted octanol–water partition coefficient (Wildman–Crippen LogP) is 6.14. The van der Waals surface area contributed by atoms with Crippen LogP contribution in [-0.4, -0.2) is 27.1 Å². The molecule has 0 saturated carbocycles. The summed E-state index contributed by atoms with van der Waals surface area (Å²) >= 11 is 0. The third-order valence-electron chi connectivity index (χ3n) is 6.18. The molecule has 3 aromatic rings. The summed E-state index contributed by atoms with van der Waals surface area (Å²) in [4.78, 5) is 29.0. The van der Waals surface area contributed by atoms with Crippen LogP contribution in [0.15, 0.2) is 59.8 Å². The second-order valence-corrected chi connectivity index (χ2v) is 8.62. The Balaban J connectivity index is 1.66. The van der Waals surface area contributed by atoms with Crippen molar-refractivity contribution in [1.29, 1.82) is 0 Å². The molecule has 0 bridgehead atoms. The Labute approximate surface area is 198 Å². The number of anilines is 1. The maximum atomic E-state index is 13.3. The molecule has 1 N–H and O–H groups in total. The quantitative estimate of drug-likeness (QED) is 0.168. The number of rotatable bonds is 10. The molecule has 0 radical (unpaired) electrons. The lowest BCUT2D eigenvalue weighted by Crippen LogP contribution is -2.29. The Hall–Kier alpha value is -3.68. The summed E-state index contributed by atoms with van der Waals surface area (Å²) in [6, 6.07) is 13.5. The van der Waals surface area contributed by atoms with Gasteiger partial charge in [0.05, 0.1) is 34.2 Å². The van der Waals surface area contributed by atoms with Crippen molar-refractivity contribution in [1.82, 2.24) is 9.55 Å². The first-order valence-corrected chi connectivity index (χ1v) is 11.9. The van der Waals surface area contributed by atoms with Crippen LogP contribution in [0.5, 0.6) is 0 Å². The van der Waals surface area contributed by atoms with Crippen LogP contribution in [0, 0.1) is 10.1 Å². The SMILES string of the molecule is CCCCCCCCOC(=O)C1=C(C)Nc2nc3ccccc3n2C1c1cccc([N+](=O)[O-])c1. The molecular formula is C26H30N4O4. The summed E-state index contributed by atoms with van der Waals surface area (Å²) in [7, 11) is 0. The first kappa shape index (κ1) is 23.5. The average molecular weight is 463 g/mol. The first-order valence-electron chi connectivity index (χ1n) is 11.9. The zero-order chi connectivity index (χ0) is 24.1. The second-order valence-electron chi connectivity index (χ2n) is 8.62. The van der Waals surface area contributed by atoms with E-state index in [0.717, 1.165) is 30.3 Å². The third-order valence-corrected chi connectivity index (χ3v) is 6.18. The van der Waals surface area contributed by atoms with Crippen molar-refractivity contribution in [2.24, 2.45) is 0 Å². The minimum absolute atomic E-state index is 0.0283. The van der Waals surface area contributed by atoms with E-state index in [-0.39, 0.29) is 5.69 Å². The molecule has 1 aliphatic rings. The predicted molar refractivity (Wildman–Crippen MR) is 132 cm³/mol. The molecule has 178 valence electrons. The number of allylic oxidation sites excluding steroid dienone is 1. The highest BCUT2D eigenvalue weighted by Gasteiger charge is 2.35. The molecule has 0 spiro atoms. The molecular weight excluding hydrogens is 432 g/mol. The Kier molecular flexibility index (Phi) is 7.25. The monoisotopic (exact) mass is 462 g/mol. The number of nitrogens with one attached hydrogen (secondary N) is 1. The summed E-state index contributed by atoms with van der Waals surface area (Å²) in [5.74, 6) is 0.168. The number of fused-ring (bicyclic) bond motifs is 3. The highest BCUT2D eigenvalue weighted by Crippen LogP contribution is 2.40. The van der Waals surface area contributed by atoms with E-state index in [1.807, 2.05) is 35.8 Å². The highest BCUT2D eigenvalue weighted by molar-refractivity contribution is 5.94. The number of hydrogen-bond donors (Lipinski definition) is 1. The number of esters is 1. The van der Waals surface area contributed by atoms with Crippen molar-refractivity contribution in [3.63, 3.8) is 0 Å². The number of nitro groups is 1. The summed E-state index contributed by atoms with van der Waals surface area (Å²) in [5.41, 5.74) is 3.27. The smallest absolute Gasteiger partial charge is 0.338 e. The van der Waals surface area contributed by atoms with E-state index < -0.39 is 16.9 Å². The number of carbonyl (C=O) groups is 1. The van der Waals surface area contributed by atoms with Gasteiger partial charge in [-0.2, -0.15) is 0 Å². The van der Waals surface area contributed by atoms with Gasteiger partial charge in [0.1, 0.15) is 0 Å². The summed E-state index contributed by atoms with van der Waals surface area (Å²) in [6.07, 6.45) is 6.59. The number of imidazole rings is 1. The van der Waals surface area contributed by atoms with Crippen molar-refractivity contribution in [2.75, 3.05) is 11.9 Å². The second kappa shape index (κ2) is 10.5. The van der Waals surface area contributed by atoms with E-state index >= 15 is 0 Å². The molecule has 0 fully saturated rings. The standard InChI is InChI=1S/C26H30N4O4/c1-3-4-5-6-7-10-16-34-25(31)23-18(2)27-26-28-21-14-8-9-15-22(21)29(26)24(23)19-12-11-13-20(17-19)30(32)33/h8-9,11-15,17,24H,3-7,10,16H2,1-2H3,(H,27,28). The molecule has 1 aliphatic heterocycles. The maximum absolute atomic E-state index is 13.3. The molecule has 8 nitrogen and oxygen atoms in total. The molecule has 1 unspecified atom stereocenters. The molecule has 0 saturated heterocycles. The van der Waals surface area contributed by atoms with E-state index in [1.54, 1.807) is 12.1 Å². The van der Waals surface area contributed by atoms with Crippen molar-refractivity contribution >= 4 is 28.6 Å². The minimum atomic E-state index is -0.597. The molecule has 2 heterocycles. The van der Waals surface area contributed by atoms with E-state index in [9.17, 15) is 14.9 Å². The van der Waals surface area contributed by atoms with Gasteiger partial charge in [-0.3, -0.25) is 14.7 Å². The molecule has 2 aromatic carbocycles. The number of aromatic nitrogens is 2. The van der Waals surface area contributed by atoms with Crippen molar-refractivity contribution in [3.8, 4) is 0 Å². The summed E-state index contributed by atoms with van der Waals surface area (Å²) < 4.78 is 7.61. The van der Waals surface area contributed by atoms with Gasteiger partial charge in [0.2, 0.25) is 5.95 Å². The van der Waals surface area contributed by atoms with Gasteiger partial charge < -0.3 is 10.1 Å². The lowest BCUT2D eigenvalue weighted by atomic mass is 9.94. The largest absolute Gasteiger partial charge is 0.462 e. The van der Waals surface area contributed by atoms with Crippen LogP contribution in [0.25, 0.3) is 11.0 Å². The van der Waals surface area contributed by atoms with Gasteiger partial charge in [-0.05, 0) is 31.0 Å². The van der Waals surface area contributed by atoms with Crippen LogP contribution < -0.4 is 5.32 Å². The van der Waals surface area contributed by atoms with Crippen LogP contribution in [0.2, 0.25) is 0 Å². The Morgan fingerprint density at radius 2 is 1.88 bits per heavy atom. The Morgan fingerprint density at radius 1 is 1.12 bits per heavy atom.